The Bertz CT molecular complexity index is 315. The highest BCUT2D eigenvalue weighted by molar-refractivity contribution is 5.30. The average Bonchev–Trinajstić information content (AvgIpc) is 2.17. The highest BCUT2D eigenvalue weighted by Gasteiger charge is 2.05. The van der Waals surface area contributed by atoms with Crippen LogP contribution in [0.25, 0.3) is 0 Å². The van der Waals surface area contributed by atoms with Gasteiger partial charge in [-0.05, 0) is 27.2 Å². The number of nitrogens with one attached hydrogen (secondary N) is 1. The smallest absolute Gasteiger partial charge is 0.226 e. The van der Waals surface area contributed by atoms with Crippen LogP contribution in [0.3, 0.4) is 0 Å². The van der Waals surface area contributed by atoms with Crippen LogP contribution in [0.1, 0.15) is 32.9 Å². The molecule has 0 aliphatic heterocycles. The summed E-state index contributed by atoms with van der Waals surface area (Å²) in [6.45, 7) is 8.88. The molecule has 0 bridgehead atoms. The fourth-order valence-corrected chi connectivity index (χ4v) is 1.13. The summed E-state index contributed by atoms with van der Waals surface area (Å²) >= 11 is 0. The summed E-state index contributed by atoms with van der Waals surface area (Å²) in [4.78, 5) is 8.52. The number of hydrogen-bond donors (Lipinski definition) is 1. The summed E-state index contributed by atoms with van der Waals surface area (Å²) in [6, 6.07) is 1.85. The van der Waals surface area contributed by atoms with Gasteiger partial charge in [-0.25, -0.2) is 4.98 Å². The normalized spacial score (nSPS) is 12.3. The SMILES string of the molecule is CCNc1nc(C)cc(OC(C)CC)n1. The Morgan fingerprint density at radius 2 is 2.13 bits per heavy atom. The lowest BCUT2D eigenvalue weighted by Gasteiger charge is -2.12. The second-order valence-corrected chi connectivity index (χ2v) is 3.54. The fourth-order valence-electron chi connectivity index (χ4n) is 1.13. The number of aromatic nitrogens is 2. The molecule has 1 unspecified atom stereocenters. The van der Waals surface area contributed by atoms with Gasteiger partial charge in [0.25, 0.3) is 0 Å². The zero-order valence-electron chi connectivity index (χ0n) is 9.87. The van der Waals surface area contributed by atoms with E-state index in [0.29, 0.717) is 11.8 Å². The maximum atomic E-state index is 5.64. The molecule has 0 amide bonds. The molecule has 0 radical (unpaired) electrons. The standard InChI is InChI=1S/C11H19N3O/c1-5-9(4)15-10-7-8(3)13-11(14-10)12-6-2/h7,9H,5-6H2,1-4H3,(H,12,13,14). The molecule has 0 aromatic carbocycles. The van der Waals surface area contributed by atoms with E-state index >= 15 is 0 Å². The topological polar surface area (TPSA) is 47.0 Å². The van der Waals surface area contributed by atoms with Crippen molar-refractivity contribution >= 4 is 5.95 Å². The first-order valence-corrected chi connectivity index (χ1v) is 5.41. The summed E-state index contributed by atoms with van der Waals surface area (Å²) in [7, 11) is 0. The highest BCUT2D eigenvalue weighted by atomic mass is 16.5. The Kier molecular flexibility index (Phi) is 4.34. The van der Waals surface area contributed by atoms with Crippen LogP contribution < -0.4 is 10.1 Å². The molecule has 0 saturated carbocycles. The zero-order chi connectivity index (χ0) is 11.3. The summed E-state index contributed by atoms with van der Waals surface area (Å²) < 4.78 is 5.64. The van der Waals surface area contributed by atoms with Gasteiger partial charge >= 0.3 is 0 Å². The molecule has 1 atom stereocenters. The molecule has 0 spiro atoms. The van der Waals surface area contributed by atoms with Crippen LogP contribution in [0, 0.1) is 6.92 Å². The first-order valence-electron chi connectivity index (χ1n) is 5.41. The van der Waals surface area contributed by atoms with Crippen LogP contribution in [-0.4, -0.2) is 22.6 Å². The number of ether oxygens (including phenoxy) is 1. The van der Waals surface area contributed by atoms with E-state index in [4.69, 9.17) is 4.74 Å². The van der Waals surface area contributed by atoms with Crippen molar-refractivity contribution < 1.29 is 4.74 Å². The number of rotatable bonds is 5. The predicted molar refractivity (Wildman–Crippen MR) is 61.3 cm³/mol. The van der Waals surface area contributed by atoms with Crippen LogP contribution in [0.4, 0.5) is 5.95 Å². The van der Waals surface area contributed by atoms with E-state index in [0.717, 1.165) is 18.7 Å². The molecule has 1 rings (SSSR count). The highest BCUT2D eigenvalue weighted by Crippen LogP contribution is 2.14. The third-order valence-corrected chi connectivity index (χ3v) is 2.06. The van der Waals surface area contributed by atoms with Crippen molar-refractivity contribution in [3.05, 3.63) is 11.8 Å². The monoisotopic (exact) mass is 209 g/mol. The number of hydrogen-bond acceptors (Lipinski definition) is 4. The Balaban J connectivity index is 2.78. The summed E-state index contributed by atoms with van der Waals surface area (Å²) in [5, 5.41) is 3.08. The van der Waals surface area contributed by atoms with Crippen LogP contribution >= 0.6 is 0 Å². The van der Waals surface area contributed by atoms with E-state index in [9.17, 15) is 0 Å². The van der Waals surface area contributed by atoms with Gasteiger partial charge in [0.05, 0.1) is 6.10 Å². The lowest BCUT2D eigenvalue weighted by Crippen LogP contribution is -2.12. The van der Waals surface area contributed by atoms with Crippen LogP contribution in [0.5, 0.6) is 5.88 Å². The third kappa shape index (κ3) is 3.73. The molecular weight excluding hydrogens is 190 g/mol. The molecule has 4 nitrogen and oxygen atoms in total. The summed E-state index contributed by atoms with van der Waals surface area (Å²) in [5.41, 5.74) is 0.916. The molecular formula is C11H19N3O. The Morgan fingerprint density at radius 3 is 2.73 bits per heavy atom. The molecule has 1 aromatic rings. The van der Waals surface area contributed by atoms with Crippen molar-refractivity contribution in [1.29, 1.82) is 0 Å². The van der Waals surface area contributed by atoms with Gasteiger partial charge in [-0.3, -0.25) is 0 Å². The second kappa shape index (κ2) is 5.53. The van der Waals surface area contributed by atoms with E-state index in [-0.39, 0.29) is 6.10 Å². The third-order valence-electron chi connectivity index (χ3n) is 2.06. The largest absolute Gasteiger partial charge is 0.475 e. The van der Waals surface area contributed by atoms with Gasteiger partial charge in [0.2, 0.25) is 11.8 Å². The van der Waals surface area contributed by atoms with E-state index < -0.39 is 0 Å². The second-order valence-electron chi connectivity index (χ2n) is 3.54. The minimum atomic E-state index is 0.189. The molecule has 84 valence electrons. The number of aryl methyl sites for hydroxylation is 1. The summed E-state index contributed by atoms with van der Waals surface area (Å²) in [6.07, 6.45) is 1.16. The van der Waals surface area contributed by atoms with Gasteiger partial charge in [-0.1, -0.05) is 6.92 Å². The van der Waals surface area contributed by atoms with Crippen molar-refractivity contribution in [2.45, 2.75) is 40.2 Å². The molecule has 4 heteroatoms. The molecule has 1 N–H and O–H groups in total. The van der Waals surface area contributed by atoms with Gasteiger partial charge in [-0.15, -0.1) is 0 Å². The lowest BCUT2D eigenvalue weighted by atomic mass is 10.3. The molecule has 0 aliphatic carbocycles. The first-order chi connectivity index (χ1) is 7.15. The zero-order valence-corrected chi connectivity index (χ0v) is 9.87. The Morgan fingerprint density at radius 1 is 1.40 bits per heavy atom. The Hall–Kier alpha value is -1.32. The van der Waals surface area contributed by atoms with Gasteiger partial charge in [0.1, 0.15) is 0 Å². The maximum absolute atomic E-state index is 5.64. The minimum Gasteiger partial charge on any atom is -0.475 e. The van der Waals surface area contributed by atoms with Crippen LogP contribution in [-0.2, 0) is 0 Å². The van der Waals surface area contributed by atoms with Gasteiger partial charge < -0.3 is 10.1 Å². The van der Waals surface area contributed by atoms with Crippen molar-refractivity contribution in [2.24, 2.45) is 0 Å². The molecule has 1 aromatic heterocycles. The molecule has 0 fully saturated rings. The molecule has 0 aliphatic rings. The fraction of sp³-hybridized carbons (Fsp3) is 0.636. The van der Waals surface area contributed by atoms with E-state index in [1.165, 1.54) is 0 Å². The minimum absolute atomic E-state index is 0.189. The van der Waals surface area contributed by atoms with Gasteiger partial charge in [-0.2, -0.15) is 4.98 Å². The molecule has 1 heterocycles. The van der Waals surface area contributed by atoms with Gasteiger partial charge in [0, 0.05) is 18.3 Å². The first kappa shape index (κ1) is 11.8. The maximum Gasteiger partial charge on any atom is 0.226 e. The van der Waals surface area contributed by atoms with Crippen molar-refractivity contribution in [1.82, 2.24) is 9.97 Å². The lowest BCUT2D eigenvalue weighted by molar-refractivity contribution is 0.208. The van der Waals surface area contributed by atoms with E-state index in [1.807, 2.05) is 26.8 Å². The van der Waals surface area contributed by atoms with Crippen LogP contribution in [0.2, 0.25) is 0 Å². The molecule has 0 saturated heterocycles. The van der Waals surface area contributed by atoms with Crippen molar-refractivity contribution in [3.63, 3.8) is 0 Å². The quantitative estimate of drug-likeness (QED) is 0.809. The van der Waals surface area contributed by atoms with E-state index in [2.05, 4.69) is 22.2 Å². The predicted octanol–water partition coefficient (Wildman–Crippen LogP) is 2.39. The van der Waals surface area contributed by atoms with Crippen molar-refractivity contribution in [2.75, 3.05) is 11.9 Å². The Labute approximate surface area is 91.1 Å². The van der Waals surface area contributed by atoms with Gasteiger partial charge in [0.15, 0.2) is 0 Å². The average molecular weight is 209 g/mol. The van der Waals surface area contributed by atoms with Crippen LogP contribution in [0.15, 0.2) is 6.07 Å². The number of nitrogens with zero attached hydrogens (tertiary/aromatic N) is 2. The molecule has 15 heavy (non-hydrogen) atoms. The van der Waals surface area contributed by atoms with E-state index in [1.54, 1.807) is 0 Å². The van der Waals surface area contributed by atoms with Crippen molar-refractivity contribution in [3.8, 4) is 5.88 Å². The number of anilines is 1. The summed E-state index contributed by atoms with van der Waals surface area (Å²) in [5.74, 6) is 1.28.